The third kappa shape index (κ3) is 3.41. The average molecular weight is 242 g/mol. The first-order valence-corrected chi connectivity index (χ1v) is 6.92. The number of hydrogen-bond acceptors (Lipinski definition) is 4. The molecule has 2 heterocycles. The van der Waals surface area contributed by atoms with E-state index in [0.717, 1.165) is 39.1 Å². The molecule has 0 spiro atoms. The second kappa shape index (κ2) is 5.65. The van der Waals surface area contributed by atoms with Gasteiger partial charge in [0, 0.05) is 6.61 Å². The molecule has 0 bridgehead atoms. The first-order chi connectivity index (χ1) is 8.42. The van der Waals surface area contributed by atoms with Gasteiger partial charge in [-0.05, 0) is 38.5 Å². The predicted octanol–water partition coefficient (Wildman–Crippen LogP) is 1.87. The lowest BCUT2D eigenvalue weighted by Crippen LogP contribution is -2.34. The van der Waals surface area contributed by atoms with Gasteiger partial charge >= 0.3 is 0 Å². The second-order valence-corrected chi connectivity index (χ2v) is 5.23. The fourth-order valence-corrected chi connectivity index (χ4v) is 2.65. The van der Waals surface area contributed by atoms with E-state index in [-0.39, 0.29) is 18.5 Å². The zero-order valence-electron chi connectivity index (χ0n) is 10.3. The maximum atomic E-state index is 6.03. The summed E-state index contributed by atoms with van der Waals surface area (Å²) in [6.45, 7) is 2.44. The van der Waals surface area contributed by atoms with Gasteiger partial charge in [-0.3, -0.25) is 0 Å². The van der Waals surface area contributed by atoms with Crippen molar-refractivity contribution < 1.29 is 18.9 Å². The van der Waals surface area contributed by atoms with Crippen molar-refractivity contribution in [2.24, 2.45) is 0 Å². The molecule has 3 fully saturated rings. The van der Waals surface area contributed by atoms with Gasteiger partial charge in [0.25, 0.3) is 0 Å². The van der Waals surface area contributed by atoms with Crippen molar-refractivity contribution in [1.82, 2.24) is 0 Å². The first-order valence-electron chi connectivity index (χ1n) is 6.92. The summed E-state index contributed by atoms with van der Waals surface area (Å²) >= 11 is 0. The molecule has 0 aromatic heterocycles. The Morgan fingerprint density at radius 1 is 0.941 bits per heavy atom. The molecule has 4 unspecified atom stereocenters. The Balaban J connectivity index is 1.43. The van der Waals surface area contributed by atoms with Gasteiger partial charge in [-0.2, -0.15) is 0 Å². The van der Waals surface area contributed by atoms with E-state index < -0.39 is 0 Å². The SMILES string of the molecule is C1CCC(OC2CCCC2OCC2CO2)OC1. The molecule has 4 nitrogen and oxygen atoms in total. The van der Waals surface area contributed by atoms with E-state index in [1.165, 1.54) is 19.3 Å². The quantitative estimate of drug-likeness (QED) is 0.690. The lowest BCUT2D eigenvalue weighted by Gasteiger charge is -2.28. The predicted molar refractivity (Wildman–Crippen MR) is 61.8 cm³/mol. The fraction of sp³-hybridized carbons (Fsp3) is 1.00. The van der Waals surface area contributed by atoms with E-state index in [2.05, 4.69) is 0 Å². The molecular formula is C13H22O4. The fourth-order valence-electron chi connectivity index (χ4n) is 2.65. The van der Waals surface area contributed by atoms with E-state index >= 15 is 0 Å². The van der Waals surface area contributed by atoms with Crippen LogP contribution in [0, 0.1) is 0 Å². The molecule has 0 aromatic carbocycles. The summed E-state index contributed by atoms with van der Waals surface area (Å²) in [5.74, 6) is 0. The van der Waals surface area contributed by atoms with Crippen LogP contribution in [0.15, 0.2) is 0 Å². The van der Waals surface area contributed by atoms with Crippen LogP contribution in [0.3, 0.4) is 0 Å². The van der Waals surface area contributed by atoms with Gasteiger partial charge < -0.3 is 18.9 Å². The summed E-state index contributed by atoms with van der Waals surface area (Å²) in [6.07, 6.45) is 7.70. The van der Waals surface area contributed by atoms with Crippen LogP contribution < -0.4 is 0 Å². The monoisotopic (exact) mass is 242 g/mol. The minimum Gasteiger partial charge on any atom is -0.373 e. The molecule has 0 radical (unpaired) electrons. The Hall–Kier alpha value is -0.160. The van der Waals surface area contributed by atoms with Crippen molar-refractivity contribution in [3.05, 3.63) is 0 Å². The van der Waals surface area contributed by atoms with E-state index in [1.807, 2.05) is 0 Å². The average Bonchev–Trinajstić information content (AvgIpc) is 3.09. The summed E-state index contributed by atoms with van der Waals surface area (Å²) in [7, 11) is 0. The summed E-state index contributed by atoms with van der Waals surface area (Å²) in [4.78, 5) is 0. The Labute approximate surface area is 103 Å². The maximum absolute atomic E-state index is 6.03. The van der Waals surface area contributed by atoms with Gasteiger partial charge in [0.05, 0.1) is 25.4 Å². The zero-order chi connectivity index (χ0) is 11.5. The van der Waals surface area contributed by atoms with Crippen LogP contribution in [0.4, 0.5) is 0 Å². The highest BCUT2D eigenvalue weighted by Crippen LogP contribution is 2.28. The Bertz CT molecular complexity index is 236. The molecule has 1 aliphatic carbocycles. The highest BCUT2D eigenvalue weighted by molar-refractivity contribution is 4.81. The second-order valence-electron chi connectivity index (χ2n) is 5.23. The standard InChI is InChI=1S/C13H22O4/c1-2-7-14-13(6-1)17-12-5-3-4-11(12)16-9-10-8-15-10/h10-13H,1-9H2. The molecule has 4 heteroatoms. The van der Waals surface area contributed by atoms with Crippen LogP contribution in [-0.4, -0.2) is 44.4 Å². The van der Waals surface area contributed by atoms with Gasteiger partial charge in [-0.1, -0.05) is 0 Å². The zero-order valence-corrected chi connectivity index (χ0v) is 10.3. The highest BCUT2D eigenvalue weighted by Gasteiger charge is 2.33. The summed E-state index contributed by atoms with van der Waals surface area (Å²) in [5.41, 5.74) is 0. The van der Waals surface area contributed by atoms with Crippen LogP contribution in [0.25, 0.3) is 0 Å². The van der Waals surface area contributed by atoms with Crippen LogP contribution in [0.5, 0.6) is 0 Å². The lowest BCUT2D eigenvalue weighted by molar-refractivity contribution is -0.206. The molecule has 2 aliphatic heterocycles. The van der Waals surface area contributed by atoms with Gasteiger partial charge in [-0.15, -0.1) is 0 Å². The van der Waals surface area contributed by atoms with Gasteiger partial charge in [0.1, 0.15) is 6.10 Å². The molecule has 4 atom stereocenters. The van der Waals surface area contributed by atoms with E-state index in [1.54, 1.807) is 0 Å². The number of ether oxygens (including phenoxy) is 4. The molecule has 3 aliphatic rings. The number of hydrogen-bond donors (Lipinski definition) is 0. The molecule has 0 amide bonds. The minimum absolute atomic E-state index is 0.00937. The molecule has 0 aromatic rings. The first kappa shape index (κ1) is 11.9. The number of epoxide rings is 1. The third-order valence-electron chi connectivity index (χ3n) is 3.75. The van der Waals surface area contributed by atoms with Crippen LogP contribution in [-0.2, 0) is 18.9 Å². The molecule has 3 rings (SSSR count). The smallest absolute Gasteiger partial charge is 0.158 e. The maximum Gasteiger partial charge on any atom is 0.158 e. The molecule has 1 saturated carbocycles. The normalized spacial score (nSPS) is 41.6. The largest absolute Gasteiger partial charge is 0.373 e. The van der Waals surface area contributed by atoms with Crippen molar-refractivity contribution in [1.29, 1.82) is 0 Å². The Morgan fingerprint density at radius 3 is 2.59 bits per heavy atom. The molecule has 0 N–H and O–H groups in total. The van der Waals surface area contributed by atoms with Crippen LogP contribution in [0.2, 0.25) is 0 Å². The Morgan fingerprint density at radius 2 is 1.82 bits per heavy atom. The number of rotatable bonds is 5. The van der Waals surface area contributed by atoms with E-state index in [4.69, 9.17) is 18.9 Å². The van der Waals surface area contributed by atoms with Crippen LogP contribution >= 0.6 is 0 Å². The van der Waals surface area contributed by atoms with Crippen molar-refractivity contribution in [3.8, 4) is 0 Å². The van der Waals surface area contributed by atoms with Gasteiger partial charge in [-0.25, -0.2) is 0 Å². The topological polar surface area (TPSA) is 40.2 Å². The molecular weight excluding hydrogens is 220 g/mol. The summed E-state index contributed by atoms with van der Waals surface area (Å²) < 4.78 is 22.7. The molecule has 17 heavy (non-hydrogen) atoms. The van der Waals surface area contributed by atoms with Crippen molar-refractivity contribution in [3.63, 3.8) is 0 Å². The van der Waals surface area contributed by atoms with E-state index in [0.29, 0.717) is 6.10 Å². The van der Waals surface area contributed by atoms with Crippen molar-refractivity contribution >= 4 is 0 Å². The highest BCUT2D eigenvalue weighted by atomic mass is 16.7. The Kier molecular flexibility index (Phi) is 3.96. The van der Waals surface area contributed by atoms with Gasteiger partial charge in [0.15, 0.2) is 6.29 Å². The van der Waals surface area contributed by atoms with Crippen molar-refractivity contribution in [2.45, 2.75) is 63.1 Å². The van der Waals surface area contributed by atoms with Crippen LogP contribution in [0.1, 0.15) is 38.5 Å². The van der Waals surface area contributed by atoms with Gasteiger partial charge in [0.2, 0.25) is 0 Å². The summed E-state index contributed by atoms with van der Waals surface area (Å²) in [6, 6.07) is 0. The minimum atomic E-state index is 0.00937. The lowest BCUT2D eigenvalue weighted by atomic mass is 10.2. The third-order valence-corrected chi connectivity index (χ3v) is 3.75. The molecule has 2 saturated heterocycles. The van der Waals surface area contributed by atoms with E-state index in [9.17, 15) is 0 Å². The molecule has 98 valence electrons. The summed E-state index contributed by atoms with van der Waals surface area (Å²) in [5, 5.41) is 0. The van der Waals surface area contributed by atoms with Crippen molar-refractivity contribution in [2.75, 3.05) is 19.8 Å².